The second-order valence-corrected chi connectivity index (χ2v) is 8.74. The summed E-state index contributed by atoms with van der Waals surface area (Å²) in [6.07, 6.45) is 4.17. The third-order valence-electron chi connectivity index (χ3n) is 4.93. The van der Waals surface area contributed by atoms with E-state index in [0.717, 1.165) is 29.9 Å². The molecule has 0 aliphatic heterocycles. The summed E-state index contributed by atoms with van der Waals surface area (Å²) in [6, 6.07) is 11.6. The van der Waals surface area contributed by atoms with Gasteiger partial charge in [0, 0.05) is 22.1 Å². The lowest BCUT2D eigenvalue weighted by Gasteiger charge is -2.33. The van der Waals surface area contributed by atoms with Crippen LogP contribution in [0.4, 0.5) is 0 Å². The lowest BCUT2D eigenvalue weighted by Crippen LogP contribution is -2.44. The van der Waals surface area contributed by atoms with Crippen molar-refractivity contribution >= 4 is 35.0 Å². The Morgan fingerprint density at radius 3 is 2.58 bits per heavy atom. The van der Waals surface area contributed by atoms with Gasteiger partial charge in [0.05, 0.1) is 11.0 Å². The predicted molar refractivity (Wildman–Crippen MR) is 106 cm³/mol. The lowest BCUT2D eigenvalue weighted by molar-refractivity contribution is -0.150. The minimum Gasteiger partial charge on any atom is -0.481 e. The standard InChI is InChI=1S/C20H23NO3S2/c22-18(21-14-20(19(23)24)10-4-1-5-11-20)16-8-2-3-9-17(16)26-13-15-7-6-12-25-15/h2-3,6-9,12H,1,4-5,10-11,13-14H2,(H,21,22)(H,23,24). The maximum atomic E-state index is 12.7. The quantitative estimate of drug-likeness (QED) is 0.667. The third kappa shape index (κ3) is 4.48. The van der Waals surface area contributed by atoms with E-state index in [2.05, 4.69) is 11.4 Å². The summed E-state index contributed by atoms with van der Waals surface area (Å²) in [4.78, 5) is 26.7. The van der Waals surface area contributed by atoms with Crippen LogP contribution >= 0.6 is 23.1 Å². The Kier molecular flexibility index (Phi) is 6.38. The first kappa shape index (κ1) is 19.0. The van der Waals surface area contributed by atoms with Gasteiger partial charge in [-0.15, -0.1) is 23.1 Å². The number of hydrogen-bond donors (Lipinski definition) is 2. The Bertz CT molecular complexity index is 752. The normalized spacial score (nSPS) is 16.2. The molecule has 4 nitrogen and oxygen atoms in total. The van der Waals surface area contributed by atoms with E-state index in [-0.39, 0.29) is 12.5 Å². The van der Waals surface area contributed by atoms with Crippen LogP contribution in [0.2, 0.25) is 0 Å². The molecule has 0 unspecified atom stereocenters. The van der Waals surface area contributed by atoms with Crippen LogP contribution in [-0.4, -0.2) is 23.5 Å². The number of carboxylic acid groups (broad SMARTS) is 1. The monoisotopic (exact) mass is 389 g/mol. The molecule has 0 spiro atoms. The Morgan fingerprint density at radius 2 is 1.88 bits per heavy atom. The Balaban J connectivity index is 1.66. The first-order valence-electron chi connectivity index (χ1n) is 8.86. The number of benzene rings is 1. The zero-order valence-corrected chi connectivity index (χ0v) is 16.2. The largest absolute Gasteiger partial charge is 0.481 e. The number of rotatable bonds is 7. The molecule has 0 saturated heterocycles. The highest BCUT2D eigenvalue weighted by molar-refractivity contribution is 7.98. The third-order valence-corrected chi connectivity index (χ3v) is 7.11. The van der Waals surface area contributed by atoms with Crippen molar-refractivity contribution in [2.75, 3.05) is 6.54 Å². The van der Waals surface area contributed by atoms with Crippen molar-refractivity contribution in [3.05, 3.63) is 52.2 Å². The average Bonchev–Trinajstić information content (AvgIpc) is 3.19. The summed E-state index contributed by atoms with van der Waals surface area (Å²) in [5, 5.41) is 14.6. The molecule has 1 heterocycles. The molecule has 1 aromatic heterocycles. The molecule has 138 valence electrons. The smallest absolute Gasteiger partial charge is 0.311 e. The van der Waals surface area contributed by atoms with Gasteiger partial charge in [0.15, 0.2) is 0 Å². The number of amides is 1. The van der Waals surface area contributed by atoms with E-state index in [1.165, 1.54) is 4.88 Å². The summed E-state index contributed by atoms with van der Waals surface area (Å²) in [7, 11) is 0. The molecule has 1 amide bonds. The molecule has 0 atom stereocenters. The summed E-state index contributed by atoms with van der Waals surface area (Å²) < 4.78 is 0. The van der Waals surface area contributed by atoms with E-state index >= 15 is 0 Å². The molecule has 2 aromatic rings. The highest BCUT2D eigenvalue weighted by atomic mass is 32.2. The highest BCUT2D eigenvalue weighted by Gasteiger charge is 2.39. The molecule has 0 radical (unpaired) electrons. The topological polar surface area (TPSA) is 66.4 Å². The predicted octanol–water partition coefficient (Wildman–Crippen LogP) is 4.81. The van der Waals surface area contributed by atoms with Crippen molar-refractivity contribution < 1.29 is 14.7 Å². The average molecular weight is 390 g/mol. The minimum absolute atomic E-state index is 0.189. The molecule has 1 fully saturated rings. The Morgan fingerprint density at radius 1 is 1.12 bits per heavy atom. The van der Waals surface area contributed by atoms with Gasteiger partial charge in [-0.2, -0.15) is 0 Å². The molecule has 2 N–H and O–H groups in total. The number of carboxylic acids is 1. The SMILES string of the molecule is O=C(NCC1(C(=O)O)CCCCC1)c1ccccc1SCc1cccs1. The van der Waals surface area contributed by atoms with Crippen molar-refractivity contribution in [2.24, 2.45) is 5.41 Å². The van der Waals surface area contributed by atoms with Crippen molar-refractivity contribution in [3.8, 4) is 0 Å². The van der Waals surface area contributed by atoms with Gasteiger partial charge in [0.25, 0.3) is 5.91 Å². The van der Waals surface area contributed by atoms with E-state index in [4.69, 9.17) is 0 Å². The summed E-state index contributed by atoms with van der Waals surface area (Å²) in [5.41, 5.74) is -0.196. The van der Waals surface area contributed by atoms with Crippen LogP contribution in [0.1, 0.15) is 47.3 Å². The zero-order chi connectivity index (χ0) is 18.4. The fraction of sp³-hybridized carbons (Fsp3) is 0.400. The van der Waals surface area contributed by atoms with Crippen LogP contribution in [0.25, 0.3) is 0 Å². The van der Waals surface area contributed by atoms with Gasteiger partial charge >= 0.3 is 5.97 Å². The first-order valence-corrected chi connectivity index (χ1v) is 10.7. The van der Waals surface area contributed by atoms with Crippen LogP contribution in [-0.2, 0) is 10.5 Å². The molecule has 6 heteroatoms. The fourth-order valence-corrected chi connectivity index (χ4v) is 5.19. The summed E-state index contributed by atoms with van der Waals surface area (Å²) >= 11 is 3.33. The van der Waals surface area contributed by atoms with E-state index < -0.39 is 11.4 Å². The Labute approximate surface area is 162 Å². The van der Waals surface area contributed by atoms with Gasteiger partial charge in [0.2, 0.25) is 0 Å². The summed E-state index contributed by atoms with van der Waals surface area (Å²) in [6.45, 7) is 0.199. The van der Waals surface area contributed by atoms with E-state index in [0.29, 0.717) is 18.4 Å². The van der Waals surface area contributed by atoms with Crippen LogP contribution in [0.5, 0.6) is 0 Å². The van der Waals surface area contributed by atoms with Gasteiger partial charge in [-0.25, -0.2) is 0 Å². The number of thioether (sulfide) groups is 1. The van der Waals surface area contributed by atoms with Crippen molar-refractivity contribution in [3.63, 3.8) is 0 Å². The number of nitrogens with one attached hydrogen (secondary N) is 1. The molecule has 1 aliphatic carbocycles. The number of aliphatic carboxylic acids is 1. The highest BCUT2D eigenvalue weighted by Crippen LogP contribution is 2.36. The lowest BCUT2D eigenvalue weighted by atomic mass is 9.74. The zero-order valence-electron chi connectivity index (χ0n) is 14.6. The minimum atomic E-state index is -0.813. The van der Waals surface area contributed by atoms with Gasteiger partial charge in [-0.05, 0) is 36.4 Å². The maximum Gasteiger partial charge on any atom is 0.311 e. The van der Waals surface area contributed by atoms with E-state index in [1.807, 2.05) is 29.6 Å². The van der Waals surface area contributed by atoms with E-state index in [9.17, 15) is 14.7 Å². The van der Waals surface area contributed by atoms with E-state index in [1.54, 1.807) is 29.2 Å². The molecule has 26 heavy (non-hydrogen) atoms. The van der Waals surface area contributed by atoms with Crippen molar-refractivity contribution in [1.29, 1.82) is 0 Å². The fourth-order valence-electron chi connectivity index (χ4n) is 3.36. The Hall–Kier alpha value is -1.79. The number of thiophene rings is 1. The molecular formula is C20H23NO3S2. The van der Waals surface area contributed by atoms with Gasteiger partial charge in [-0.1, -0.05) is 37.5 Å². The number of carbonyl (C=O) groups is 2. The molecule has 1 saturated carbocycles. The van der Waals surface area contributed by atoms with Crippen molar-refractivity contribution in [2.45, 2.75) is 42.8 Å². The summed E-state index contributed by atoms with van der Waals surface area (Å²) in [5.74, 6) is -0.163. The van der Waals surface area contributed by atoms with Crippen LogP contribution < -0.4 is 5.32 Å². The molecule has 1 aliphatic rings. The van der Waals surface area contributed by atoms with Gasteiger partial charge < -0.3 is 10.4 Å². The van der Waals surface area contributed by atoms with Gasteiger partial charge in [-0.3, -0.25) is 9.59 Å². The maximum absolute atomic E-state index is 12.7. The first-order chi connectivity index (χ1) is 12.6. The molecule has 1 aromatic carbocycles. The molecule has 0 bridgehead atoms. The van der Waals surface area contributed by atoms with Gasteiger partial charge in [0.1, 0.15) is 0 Å². The second kappa shape index (κ2) is 8.73. The number of hydrogen-bond acceptors (Lipinski definition) is 4. The van der Waals surface area contributed by atoms with Crippen LogP contribution in [0, 0.1) is 5.41 Å². The van der Waals surface area contributed by atoms with Crippen LogP contribution in [0.15, 0.2) is 46.7 Å². The van der Waals surface area contributed by atoms with Crippen LogP contribution in [0.3, 0.4) is 0 Å². The number of carbonyl (C=O) groups excluding carboxylic acids is 1. The van der Waals surface area contributed by atoms with Crippen molar-refractivity contribution in [1.82, 2.24) is 5.32 Å². The second-order valence-electron chi connectivity index (χ2n) is 6.69. The molecule has 3 rings (SSSR count). The molecular weight excluding hydrogens is 366 g/mol.